The van der Waals surface area contributed by atoms with Crippen LogP contribution in [-0.2, 0) is 11.3 Å². The van der Waals surface area contributed by atoms with E-state index in [9.17, 15) is 4.79 Å². The van der Waals surface area contributed by atoms with Gasteiger partial charge in [0.2, 0.25) is 5.91 Å². The Kier molecular flexibility index (Phi) is 5.80. The molecule has 1 atom stereocenters. The number of nitrogens with one attached hydrogen (secondary N) is 1. The highest BCUT2D eigenvalue weighted by Crippen LogP contribution is 2.31. The van der Waals surface area contributed by atoms with Crippen molar-refractivity contribution in [1.82, 2.24) is 15.2 Å². The molecule has 0 bridgehead atoms. The van der Waals surface area contributed by atoms with E-state index in [2.05, 4.69) is 31.1 Å². The van der Waals surface area contributed by atoms with Crippen LogP contribution in [0.2, 0.25) is 0 Å². The van der Waals surface area contributed by atoms with E-state index in [0.29, 0.717) is 18.2 Å². The molecule has 1 aromatic heterocycles. The summed E-state index contributed by atoms with van der Waals surface area (Å²) in [6.07, 6.45) is 1.78. The molecule has 2 heterocycles. The molecule has 1 unspecified atom stereocenters. The number of aromatic nitrogens is 1. The lowest BCUT2D eigenvalue weighted by atomic mass is 10.0. The Labute approximate surface area is 147 Å². The largest absolute Gasteiger partial charge is 0.375 e. The molecular formula is C14H16BrClN4OS. The van der Waals surface area contributed by atoms with Gasteiger partial charge in [-0.25, -0.2) is 4.98 Å². The molecule has 2 aromatic rings. The number of benzene rings is 1. The molecule has 1 aliphatic rings. The Morgan fingerprint density at radius 2 is 2.23 bits per heavy atom. The van der Waals surface area contributed by atoms with Crippen LogP contribution >= 0.6 is 39.7 Å². The van der Waals surface area contributed by atoms with Crippen molar-refractivity contribution in [2.24, 2.45) is 0 Å². The van der Waals surface area contributed by atoms with Crippen LogP contribution in [0.25, 0.3) is 0 Å². The van der Waals surface area contributed by atoms with Gasteiger partial charge in [0.15, 0.2) is 5.13 Å². The van der Waals surface area contributed by atoms with Gasteiger partial charge in [-0.05, 0) is 11.6 Å². The van der Waals surface area contributed by atoms with E-state index in [0.717, 1.165) is 21.5 Å². The fourth-order valence-electron chi connectivity index (χ4n) is 2.52. The zero-order valence-corrected chi connectivity index (χ0v) is 14.9. The first-order valence-electron chi connectivity index (χ1n) is 6.61. The number of nitrogen functional groups attached to an aromatic ring is 1. The second kappa shape index (κ2) is 7.41. The minimum Gasteiger partial charge on any atom is -0.375 e. The zero-order valence-electron chi connectivity index (χ0n) is 11.7. The summed E-state index contributed by atoms with van der Waals surface area (Å²) in [4.78, 5) is 19.6. The van der Waals surface area contributed by atoms with Crippen LogP contribution in [0.1, 0.15) is 16.5 Å². The van der Waals surface area contributed by atoms with Crippen LogP contribution < -0.4 is 11.1 Å². The normalized spacial score (nSPS) is 18.6. The lowest BCUT2D eigenvalue weighted by Crippen LogP contribution is -2.49. The number of hydrogen-bond donors (Lipinski definition) is 2. The zero-order chi connectivity index (χ0) is 14.8. The molecule has 0 aliphatic carbocycles. The fourth-order valence-corrected chi connectivity index (χ4v) is 3.73. The third-order valence-electron chi connectivity index (χ3n) is 3.44. The molecule has 0 radical (unpaired) electrons. The molecule has 22 heavy (non-hydrogen) atoms. The van der Waals surface area contributed by atoms with Gasteiger partial charge in [-0.3, -0.25) is 9.69 Å². The van der Waals surface area contributed by atoms with E-state index in [4.69, 9.17) is 5.73 Å². The molecule has 3 rings (SSSR count). The second-order valence-corrected chi connectivity index (χ2v) is 6.85. The Morgan fingerprint density at radius 3 is 2.91 bits per heavy atom. The summed E-state index contributed by atoms with van der Waals surface area (Å²) in [5.74, 6) is 0.0330. The van der Waals surface area contributed by atoms with Crippen LogP contribution in [0.4, 0.5) is 5.13 Å². The predicted molar refractivity (Wildman–Crippen MR) is 94.1 cm³/mol. The molecule has 0 saturated carbocycles. The van der Waals surface area contributed by atoms with Gasteiger partial charge in [-0.2, -0.15) is 0 Å². The van der Waals surface area contributed by atoms with Crippen molar-refractivity contribution < 1.29 is 4.79 Å². The van der Waals surface area contributed by atoms with Crippen molar-refractivity contribution in [2.45, 2.75) is 12.6 Å². The Balaban J connectivity index is 0.00000176. The number of carbonyl (C=O) groups is 1. The van der Waals surface area contributed by atoms with Gasteiger partial charge in [0.05, 0.1) is 0 Å². The van der Waals surface area contributed by atoms with Gasteiger partial charge >= 0.3 is 0 Å². The second-order valence-electron chi connectivity index (χ2n) is 4.85. The average molecular weight is 404 g/mol. The fraction of sp³-hybridized carbons (Fsp3) is 0.286. The summed E-state index contributed by atoms with van der Waals surface area (Å²) < 4.78 is 0.945. The van der Waals surface area contributed by atoms with E-state index in [-0.39, 0.29) is 24.4 Å². The van der Waals surface area contributed by atoms with Gasteiger partial charge in [0.1, 0.15) is 6.04 Å². The number of rotatable bonds is 3. The van der Waals surface area contributed by atoms with Crippen LogP contribution in [0, 0.1) is 0 Å². The highest BCUT2D eigenvalue weighted by Gasteiger charge is 2.32. The summed E-state index contributed by atoms with van der Waals surface area (Å²) in [5, 5.41) is 3.50. The van der Waals surface area contributed by atoms with Crippen molar-refractivity contribution in [3.63, 3.8) is 0 Å². The van der Waals surface area contributed by atoms with E-state index >= 15 is 0 Å². The van der Waals surface area contributed by atoms with Gasteiger partial charge in [0.25, 0.3) is 0 Å². The molecule has 118 valence electrons. The number of thiazole rings is 1. The van der Waals surface area contributed by atoms with E-state index in [1.807, 2.05) is 24.3 Å². The lowest BCUT2D eigenvalue weighted by molar-refractivity contribution is -0.129. The summed E-state index contributed by atoms with van der Waals surface area (Å²) in [7, 11) is 0. The molecule has 5 nitrogen and oxygen atoms in total. The van der Waals surface area contributed by atoms with Crippen molar-refractivity contribution in [3.05, 3.63) is 45.4 Å². The Hall–Kier alpha value is -1.15. The maximum Gasteiger partial charge on any atom is 0.242 e. The number of nitrogens with zero attached hydrogens (tertiary/aromatic N) is 2. The smallest absolute Gasteiger partial charge is 0.242 e. The molecule has 1 aromatic carbocycles. The quantitative estimate of drug-likeness (QED) is 0.826. The maximum atomic E-state index is 12.3. The Morgan fingerprint density at radius 1 is 1.45 bits per heavy atom. The average Bonchev–Trinajstić information content (AvgIpc) is 2.86. The van der Waals surface area contributed by atoms with Crippen LogP contribution in [0.5, 0.6) is 0 Å². The van der Waals surface area contributed by atoms with Gasteiger partial charge in [-0.15, -0.1) is 23.7 Å². The molecule has 1 saturated heterocycles. The van der Waals surface area contributed by atoms with Crippen molar-refractivity contribution >= 4 is 50.7 Å². The topological polar surface area (TPSA) is 71.2 Å². The standard InChI is InChI=1S/C14H15BrN4OS.ClH/c15-11-4-2-1-3-10(11)12-13(20)17-5-6-19(12)8-9-7-18-14(16)21-9;/h1-4,7,12H,5-6,8H2,(H2,16,18)(H,17,20);1H. The molecule has 3 N–H and O–H groups in total. The first-order chi connectivity index (χ1) is 10.1. The number of carbonyl (C=O) groups excluding carboxylic acids is 1. The summed E-state index contributed by atoms with van der Waals surface area (Å²) >= 11 is 5.01. The molecule has 1 aliphatic heterocycles. The molecule has 1 fully saturated rings. The monoisotopic (exact) mass is 402 g/mol. The lowest BCUT2D eigenvalue weighted by Gasteiger charge is -2.35. The highest BCUT2D eigenvalue weighted by atomic mass is 79.9. The van der Waals surface area contributed by atoms with E-state index in [1.54, 1.807) is 6.20 Å². The van der Waals surface area contributed by atoms with Crippen molar-refractivity contribution in [3.8, 4) is 0 Å². The minimum atomic E-state index is -0.294. The first kappa shape index (κ1) is 17.2. The van der Waals surface area contributed by atoms with E-state index in [1.165, 1.54) is 11.3 Å². The van der Waals surface area contributed by atoms with Gasteiger partial charge < -0.3 is 11.1 Å². The third-order valence-corrected chi connectivity index (χ3v) is 4.98. The number of anilines is 1. The van der Waals surface area contributed by atoms with E-state index < -0.39 is 0 Å². The minimum absolute atomic E-state index is 0. The van der Waals surface area contributed by atoms with Crippen LogP contribution in [-0.4, -0.2) is 28.9 Å². The summed E-state index contributed by atoms with van der Waals surface area (Å²) in [5.41, 5.74) is 6.66. The first-order valence-corrected chi connectivity index (χ1v) is 8.22. The summed E-state index contributed by atoms with van der Waals surface area (Å²) in [6.45, 7) is 2.14. The molecule has 8 heteroatoms. The SMILES string of the molecule is Cl.Nc1ncc(CN2CCNC(=O)C2c2ccccc2Br)s1. The Bertz CT molecular complexity index is 666. The number of nitrogens with two attached hydrogens (primary N) is 1. The number of halogens is 2. The molecule has 0 spiro atoms. The summed E-state index contributed by atoms with van der Waals surface area (Å²) in [6, 6.07) is 7.54. The van der Waals surface area contributed by atoms with Crippen molar-refractivity contribution in [1.29, 1.82) is 0 Å². The molecule has 1 amide bonds. The predicted octanol–water partition coefficient (Wildman–Crippen LogP) is 2.58. The number of hydrogen-bond acceptors (Lipinski definition) is 5. The van der Waals surface area contributed by atoms with Crippen molar-refractivity contribution in [2.75, 3.05) is 18.8 Å². The van der Waals surface area contributed by atoms with Crippen LogP contribution in [0.3, 0.4) is 0 Å². The third kappa shape index (κ3) is 3.60. The number of piperazine rings is 1. The number of amides is 1. The van der Waals surface area contributed by atoms with Gasteiger partial charge in [0, 0.05) is 35.2 Å². The van der Waals surface area contributed by atoms with Gasteiger partial charge in [-0.1, -0.05) is 34.1 Å². The maximum absolute atomic E-state index is 12.3. The van der Waals surface area contributed by atoms with Crippen LogP contribution in [0.15, 0.2) is 34.9 Å². The highest BCUT2D eigenvalue weighted by molar-refractivity contribution is 9.10. The molecular weight excluding hydrogens is 388 g/mol.